The van der Waals surface area contributed by atoms with Crippen LogP contribution in [-0.4, -0.2) is 52.7 Å². The standard InChI is InChI=1S/C19H25FN6O3S/c1-19(11-30(28,22-2)26(3)18(21)25-19)14-9-12(5-7-15(14)20)24-17(27)16-8-6-13(29-4)10-23-16/h5-10,22,28H,11H2,1-4H3,(H2,21,25)(H,24,27)/t19-/m0/s1. The molecule has 1 aromatic carbocycles. The Balaban J connectivity index is 1.92. The zero-order valence-electron chi connectivity index (χ0n) is 17.1. The summed E-state index contributed by atoms with van der Waals surface area (Å²) < 4.78 is 35.1. The van der Waals surface area contributed by atoms with Crippen LogP contribution in [0.25, 0.3) is 0 Å². The minimum atomic E-state index is -2.51. The second-order valence-corrected chi connectivity index (χ2v) is 9.57. The zero-order chi connectivity index (χ0) is 22.1. The molecule has 0 saturated heterocycles. The van der Waals surface area contributed by atoms with E-state index in [1.165, 1.54) is 41.9 Å². The van der Waals surface area contributed by atoms with Gasteiger partial charge in [0, 0.05) is 29.0 Å². The van der Waals surface area contributed by atoms with E-state index in [0.717, 1.165) is 0 Å². The summed E-state index contributed by atoms with van der Waals surface area (Å²) in [5.41, 5.74) is 5.62. The van der Waals surface area contributed by atoms with Crippen molar-refractivity contribution < 1.29 is 18.5 Å². The van der Waals surface area contributed by atoms with E-state index in [0.29, 0.717) is 11.4 Å². The Labute approximate surface area is 175 Å². The molecule has 1 unspecified atom stereocenters. The number of carbonyl (C=O) groups excluding carboxylic acids is 1. The number of hydrogen-bond acceptors (Lipinski definition) is 8. The van der Waals surface area contributed by atoms with Crippen molar-refractivity contribution in [2.24, 2.45) is 10.7 Å². The first kappa shape index (κ1) is 21.8. The lowest BCUT2D eigenvalue weighted by Crippen LogP contribution is -2.51. The fourth-order valence-corrected chi connectivity index (χ4v) is 5.16. The van der Waals surface area contributed by atoms with Gasteiger partial charge in [-0.25, -0.2) is 19.1 Å². The highest BCUT2D eigenvalue weighted by Gasteiger charge is 2.43. The second-order valence-electron chi connectivity index (χ2n) is 6.99. The van der Waals surface area contributed by atoms with E-state index in [1.807, 2.05) is 0 Å². The average molecular weight is 437 g/mol. The van der Waals surface area contributed by atoms with Gasteiger partial charge in [-0.2, -0.15) is 0 Å². The normalized spacial score (nSPS) is 25.8. The summed E-state index contributed by atoms with van der Waals surface area (Å²) in [4.78, 5) is 21.0. The van der Waals surface area contributed by atoms with E-state index >= 15 is 0 Å². The fourth-order valence-electron chi connectivity index (χ4n) is 3.19. The van der Waals surface area contributed by atoms with Crippen molar-refractivity contribution in [1.29, 1.82) is 0 Å². The lowest BCUT2D eigenvalue weighted by molar-refractivity contribution is 0.102. The van der Waals surface area contributed by atoms with Gasteiger partial charge < -0.3 is 20.3 Å². The summed E-state index contributed by atoms with van der Waals surface area (Å²) in [5.74, 6) is -0.240. The summed E-state index contributed by atoms with van der Waals surface area (Å²) in [7, 11) is 2.23. The first-order chi connectivity index (χ1) is 14.1. The Hall–Kier alpha value is -2.89. The summed E-state index contributed by atoms with van der Waals surface area (Å²) in [5, 5.41) is 2.70. The molecule has 2 atom stereocenters. The third-order valence-electron chi connectivity index (χ3n) is 4.96. The summed E-state index contributed by atoms with van der Waals surface area (Å²) in [6.07, 6.45) is 1.43. The van der Waals surface area contributed by atoms with Crippen molar-refractivity contribution in [2.75, 3.05) is 32.3 Å². The maximum absolute atomic E-state index is 14.8. The van der Waals surface area contributed by atoms with Crippen molar-refractivity contribution in [3.63, 3.8) is 0 Å². The largest absolute Gasteiger partial charge is 0.495 e. The number of methoxy groups -OCH3 is 1. The smallest absolute Gasteiger partial charge is 0.274 e. The van der Waals surface area contributed by atoms with Crippen molar-refractivity contribution >= 4 is 28.2 Å². The number of pyridine rings is 1. The lowest BCUT2D eigenvalue weighted by Gasteiger charge is -2.49. The van der Waals surface area contributed by atoms with E-state index in [9.17, 15) is 13.7 Å². The molecular formula is C19H25FN6O3S. The molecule has 2 aromatic rings. The molecule has 0 fully saturated rings. The van der Waals surface area contributed by atoms with Gasteiger partial charge in [-0.15, -0.1) is 0 Å². The quantitative estimate of drug-likeness (QED) is 0.567. The Kier molecular flexibility index (Phi) is 5.88. The van der Waals surface area contributed by atoms with Gasteiger partial charge in [-0.3, -0.25) is 9.10 Å². The van der Waals surface area contributed by atoms with Gasteiger partial charge in [-0.05, 0) is 44.3 Å². The van der Waals surface area contributed by atoms with Gasteiger partial charge >= 0.3 is 0 Å². The van der Waals surface area contributed by atoms with Gasteiger partial charge in [0.2, 0.25) is 5.96 Å². The molecule has 0 radical (unpaired) electrons. The van der Waals surface area contributed by atoms with Crippen LogP contribution in [0, 0.1) is 5.82 Å². The Bertz CT molecular complexity index is 989. The number of aliphatic imine (C=N–C) groups is 1. The summed E-state index contributed by atoms with van der Waals surface area (Å²) >= 11 is 0. The van der Waals surface area contributed by atoms with Crippen LogP contribution in [0.1, 0.15) is 23.0 Å². The van der Waals surface area contributed by atoms with Crippen molar-refractivity contribution in [3.8, 4) is 5.75 Å². The number of amides is 1. The summed E-state index contributed by atoms with van der Waals surface area (Å²) in [6, 6.07) is 7.33. The third-order valence-corrected chi connectivity index (χ3v) is 7.67. The molecule has 30 heavy (non-hydrogen) atoms. The number of benzene rings is 1. The number of halogens is 1. The molecule has 1 aliphatic heterocycles. The van der Waals surface area contributed by atoms with E-state index in [1.54, 1.807) is 27.1 Å². The number of nitrogens with one attached hydrogen (secondary N) is 2. The first-order valence-electron chi connectivity index (χ1n) is 9.04. The topological polar surface area (TPSA) is 125 Å². The summed E-state index contributed by atoms with van der Waals surface area (Å²) in [6.45, 7) is 1.69. The number of rotatable bonds is 5. The van der Waals surface area contributed by atoms with Crippen LogP contribution < -0.4 is 20.5 Å². The number of anilines is 1. The highest BCUT2D eigenvalue weighted by Crippen LogP contribution is 2.51. The van der Waals surface area contributed by atoms with E-state index < -0.39 is 27.9 Å². The van der Waals surface area contributed by atoms with Crippen molar-refractivity contribution in [1.82, 2.24) is 14.0 Å². The van der Waals surface area contributed by atoms with Crippen LogP contribution in [0.4, 0.5) is 10.1 Å². The van der Waals surface area contributed by atoms with Gasteiger partial charge in [0.25, 0.3) is 5.91 Å². The molecule has 0 spiro atoms. The molecule has 11 heteroatoms. The minimum Gasteiger partial charge on any atom is -0.495 e. The van der Waals surface area contributed by atoms with Gasteiger partial charge in [0.05, 0.1) is 19.1 Å². The number of nitrogens with two attached hydrogens (primary N) is 1. The number of guanidine groups is 1. The minimum absolute atomic E-state index is 0.0897. The van der Waals surface area contributed by atoms with Gasteiger partial charge in [0.1, 0.15) is 22.8 Å². The van der Waals surface area contributed by atoms with Crippen LogP contribution in [0.5, 0.6) is 5.75 Å². The molecule has 5 N–H and O–H groups in total. The third kappa shape index (κ3) is 4.04. The molecule has 0 bridgehead atoms. The zero-order valence-corrected chi connectivity index (χ0v) is 18.0. The Morgan fingerprint density at radius 3 is 2.73 bits per heavy atom. The van der Waals surface area contributed by atoms with Crippen LogP contribution in [-0.2, 0) is 5.54 Å². The number of carbonyl (C=O) groups is 1. The highest BCUT2D eigenvalue weighted by atomic mass is 32.3. The number of ether oxygens (including phenoxy) is 1. The molecule has 0 saturated carbocycles. The predicted octanol–water partition coefficient (Wildman–Crippen LogP) is 2.28. The van der Waals surface area contributed by atoms with E-state index in [4.69, 9.17) is 10.5 Å². The van der Waals surface area contributed by atoms with Gasteiger partial charge in [-0.1, -0.05) is 0 Å². The number of aromatic nitrogens is 1. The SMILES string of the molecule is CNS1(O)C[C@@](C)(c2cc(NC(=O)c3ccc(OC)cn3)ccc2F)N=C(N)N1C. The number of nitrogens with zero attached hydrogens (tertiary/aromatic N) is 3. The van der Waals surface area contributed by atoms with Crippen LogP contribution in [0.3, 0.4) is 0 Å². The van der Waals surface area contributed by atoms with Crippen molar-refractivity contribution in [2.45, 2.75) is 12.5 Å². The Morgan fingerprint density at radius 2 is 2.13 bits per heavy atom. The Morgan fingerprint density at radius 1 is 1.40 bits per heavy atom. The molecule has 9 nitrogen and oxygen atoms in total. The second kappa shape index (κ2) is 8.09. The molecule has 3 rings (SSSR count). The first-order valence-corrected chi connectivity index (χ1v) is 10.8. The van der Waals surface area contributed by atoms with Crippen LogP contribution in [0.2, 0.25) is 0 Å². The number of hydrogen-bond donors (Lipinski definition) is 4. The molecule has 0 aliphatic carbocycles. The molecule has 162 valence electrons. The predicted molar refractivity (Wildman–Crippen MR) is 116 cm³/mol. The average Bonchev–Trinajstić information content (AvgIpc) is 2.73. The maximum Gasteiger partial charge on any atom is 0.274 e. The van der Waals surface area contributed by atoms with E-state index in [2.05, 4.69) is 20.0 Å². The van der Waals surface area contributed by atoms with E-state index in [-0.39, 0.29) is 23.0 Å². The molecular weight excluding hydrogens is 411 g/mol. The highest BCUT2D eigenvalue weighted by molar-refractivity contribution is 8.25. The van der Waals surface area contributed by atoms with Gasteiger partial charge in [0.15, 0.2) is 0 Å². The van der Waals surface area contributed by atoms with Crippen LogP contribution in [0.15, 0.2) is 41.5 Å². The lowest BCUT2D eigenvalue weighted by atomic mass is 9.93. The molecule has 1 amide bonds. The molecule has 2 heterocycles. The fraction of sp³-hybridized carbons (Fsp3) is 0.316. The monoisotopic (exact) mass is 436 g/mol. The van der Waals surface area contributed by atoms with Crippen molar-refractivity contribution in [3.05, 3.63) is 53.6 Å². The maximum atomic E-state index is 14.8. The van der Waals surface area contributed by atoms with Crippen LogP contribution >= 0.6 is 10.7 Å². The molecule has 1 aliphatic rings. The molecule has 1 aromatic heterocycles.